The van der Waals surface area contributed by atoms with Crippen molar-refractivity contribution in [1.29, 1.82) is 0 Å². The minimum absolute atomic E-state index is 0.547. The van der Waals surface area contributed by atoms with E-state index in [0.29, 0.717) is 6.54 Å². The summed E-state index contributed by atoms with van der Waals surface area (Å²) in [4.78, 5) is 12.6. The van der Waals surface area contributed by atoms with Crippen LogP contribution < -0.4 is 4.90 Å². The van der Waals surface area contributed by atoms with Gasteiger partial charge in [-0.1, -0.05) is 30.3 Å². The Balaban J connectivity index is 2.17. The zero-order valence-corrected chi connectivity index (χ0v) is 11.3. The molecule has 0 aliphatic heterocycles. The molecule has 17 heavy (non-hydrogen) atoms. The van der Waals surface area contributed by atoms with Gasteiger partial charge in [0.25, 0.3) is 0 Å². The normalized spacial score (nSPS) is 9.94. The summed E-state index contributed by atoms with van der Waals surface area (Å²) in [7, 11) is 0. The van der Waals surface area contributed by atoms with Crippen molar-refractivity contribution in [3.8, 4) is 0 Å². The van der Waals surface area contributed by atoms with E-state index < -0.39 is 0 Å². The Bertz CT molecular complexity index is 481. The van der Waals surface area contributed by atoms with Crippen LogP contribution in [0.15, 0.2) is 54.6 Å². The first-order valence-electron chi connectivity index (χ1n) is 5.24. The summed E-state index contributed by atoms with van der Waals surface area (Å²) in [5, 5.41) is 0. The maximum absolute atomic E-state index is 11.0. The molecular formula is C14H11INO. The fraction of sp³-hybridized carbons (Fsp3) is 0.0714. The number of amides is 1. The second-order valence-electron chi connectivity index (χ2n) is 3.64. The summed E-state index contributed by atoms with van der Waals surface area (Å²) in [5.74, 6) is 0. The number of benzene rings is 2. The summed E-state index contributed by atoms with van der Waals surface area (Å²) in [6, 6.07) is 17.7. The molecule has 2 rings (SSSR count). The van der Waals surface area contributed by atoms with Crippen LogP contribution in [0.1, 0.15) is 5.56 Å². The summed E-state index contributed by atoms with van der Waals surface area (Å²) in [5.41, 5.74) is 1.96. The van der Waals surface area contributed by atoms with E-state index in [2.05, 4.69) is 22.6 Å². The molecule has 0 bridgehead atoms. The van der Waals surface area contributed by atoms with E-state index in [4.69, 9.17) is 0 Å². The van der Waals surface area contributed by atoms with Crippen molar-refractivity contribution in [2.75, 3.05) is 4.90 Å². The molecule has 2 nitrogen and oxygen atoms in total. The average Bonchev–Trinajstić information content (AvgIpc) is 2.38. The number of anilines is 1. The lowest BCUT2D eigenvalue weighted by Crippen LogP contribution is -2.20. The zero-order valence-electron chi connectivity index (χ0n) is 9.14. The van der Waals surface area contributed by atoms with Gasteiger partial charge < -0.3 is 0 Å². The summed E-state index contributed by atoms with van der Waals surface area (Å²) in [6.07, 6.45) is 1.97. The third-order valence-electron chi connectivity index (χ3n) is 2.43. The Kier molecular flexibility index (Phi) is 4.14. The molecule has 2 aromatic rings. The van der Waals surface area contributed by atoms with Gasteiger partial charge in [0.05, 0.1) is 6.54 Å². The zero-order chi connectivity index (χ0) is 12.1. The lowest BCUT2D eigenvalue weighted by atomic mass is 10.2. The van der Waals surface area contributed by atoms with Gasteiger partial charge in [-0.05, 0) is 52.4 Å². The van der Waals surface area contributed by atoms with Crippen LogP contribution in [0.25, 0.3) is 0 Å². The van der Waals surface area contributed by atoms with Gasteiger partial charge in [-0.15, -0.1) is 0 Å². The second-order valence-corrected chi connectivity index (χ2v) is 4.89. The molecule has 1 radical (unpaired) electrons. The van der Waals surface area contributed by atoms with Gasteiger partial charge in [0.15, 0.2) is 0 Å². The molecule has 3 heteroatoms. The summed E-state index contributed by atoms with van der Waals surface area (Å²) < 4.78 is 1.15. The van der Waals surface area contributed by atoms with Gasteiger partial charge in [-0.25, -0.2) is 0 Å². The molecule has 0 N–H and O–H groups in total. The highest BCUT2D eigenvalue weighted by atomic mass is 127. The topological polar surface area (TPSA) is 20.3 Å². The van der Waals surface area contributed by atoms with E-state index in [1.54, 1.807) is 4.90 Å². The average molecular weight is 336 g/mol. The summed E-state index contributed by atoms with van der Waals surface area (Å²) >= 11 is 2.24. The van der Waals surface area contributed by atoms with Crippen LogP contribution in [-0.2, 0) is 11.3 Å². The van der Waals surface area contributed by atoms with E-state index in [-0.39, 0.29) is 0 Å². The summed E-state index contributed by atoms with van der Waals surface area (Å²) in [6.45, 7) is 0.547. The van der Waals surface area contributed by atoms with Gasteiger partial charge in [-0.3, -0.25) is 9.69 Å². The van der Waals surface area contributed by atoms with Crippen molar-refractivity contribution in [2.45, 2.75) is 6.54 Å². The third kappa shape index (κ3) is 3.30. The smallest absolute Gasteiger partial charge is 0.300 e. The largest absolute Gasteiger partial charge is 0.317 e. The number of rotatable bonds is 4. The van der Waals surface area contributed by atoms with Crippen molar-refractivity contribution < 1.29 is 4.79 Å². The Morgan fingerprint density at radius 3 is 2.24 bits per heavy atom. The Morgan fingerprint density at radius 2 is 1.65 bits per heavy atom. The minimum atomic E-state index is 0.547. The third-order valence-corrected chi connectivity index (χ3v) is 3.15. The first-order chi connectivity index (χ1) is 8.29. The maximum atomic E-state index is 11.0. The molecule has 85 valence electrons. The molecule has 2 aromatic carbocycles. The number of hydrogen-bond acceptors (Lipinski definition) is 1. The number of hydrogen-bond donors (Lipinski definition) is 0. The van der Waals surface area contributed by atoms with Crippen molar-refractivity contribution in [3.05, 3.63) is 63.7 Å². The second kappa shape index (κ2) is 5.82. The number of nitrogens with zero attached hydrogens (tertiary/aromatic N) is 1. The molecule has 0 aliphatic carbocycles. The molecule has 0 spiro atoms. The fourth-order valence-electron chi connectivity index (χ4n) is 1.56. The quantitative estimate of drug-likeness (QED) is 0.619. The van der Waals surface area contributed by atoms with Crippen LogP contribution in [-0.4, -0.2) is 6.41 Å². The monoisotopic (exact) mass is 336 g/mol. The van der Waals surface area contributed by atoms with E-state index in [1.165, 1.54) is 0 Å². The molecule has 0 saturated carbocycles. The fourth-order valence-corrected chi connectivity index (χ4v) is 1.92. The van der Waals surface area contributed by atoms with Crippen LogP contribution >= 0.6 is 22.6 Å². The lowest BCUT2D eigenvalue weighted by molar-refractivity contribution is 0.551. The minimum Gasteiger partial charge on any atom is -0.300 e. The number of halogens is 1. The Hall–Kier alpha value is -1.36. The molecule has 0 aliphatic rings. The van der Waals surface area contributed by atoms with E-state index in [0.717, 1.165) is 14.8 Å². The van der Waals surface area contributed by atoms with Crippen LogP contribution in [0.2, 0.25) is 0 Å². The van der Waals surface area contributed by atoms with Crippen molar-refractivity contribution in [2.24, 2.45) is 0 Å². The highest BCUT2D eigenvalue weighted by Gasteiger charge is 2.06. The van der Waals surface area contributed by atoms with Gasteiger partial charge in [0, 0.05) is 9.26 Å². The van der Waals surface area contributed by atoms with E-state index in [9.17, 15) is 4.79 Å². The predicted octanol–water partition coefficient (Wildman–Crippen LogP) is 3.37. The van der Waals surface area contributed by atoms with Gasteiger partial charge in [-0.2, -0.15) is 0 Å². The van der Waals surface area contributed by atoms with Crippen molar-refractivity contribution in [1.82, 2.24) is 0 Å². The lowest BCUT2D eigenvalue weighted by Gasteiger charge is -2.16. The van der Waals surface area contributed by atoms with Crippen molar-refractivity contribution >= 4 is 34.7 Å². The molecule has 0 atom stereocenters. The predicted molar refractivity (Wildman–Crippen MR) is 77.5 cm³/mol. The molecule has 0 saturated heterocycles. The van der Waals surface area contributed by atoms with E-state index in [1.807, 2.05) is 61.0 Å². The highest BCUT2D eigenvalue weighted by Crippen LogP contribution is 2.17. The molecule has 1 amide bonds. The van der Waals surface area contributed by atoms with Crippen LogP contribution in [0, 0.1) is 3.57 Å². The Labute approximate surface area is 114 Å². The number of carbonyl (C=O) groups excluding carboxylic acids is 1. The van der Waals surface area contributed by atoms with Gasteiger partial charge in [0.1, 0.15) is 0 Å². The molecule has 0 fully saturated rings. The van der Waals surface area contributed by atoms with E-state index >= 15 is 0 Å². The maximum Gasteiger partial charge on any atom is 0.317 e. The molecule has 0 aromatic heterocycles. The van der Waals surface area contributed by atoms with Gasteiger partial charge in [0.2, 0.25) is 0 Å². The molecular weight excluding hydrogens is 325 g/mol. The standard InChI is InChI=1S/C14H11INO/c15-13-6-8-14(9-7-13)16(11-17)10-12-4-2-1-3-5-12/h1-9H,10H2. The SMILES string of the molecule is O=[C]N(Cc1ccccc1)c1ccc(I)cc1. The van der Waals surface area contributed by atoms with Gasteiger partial charge >= 0.3 is 6.41 Å². The van der Waals surface area contributed by atoms with Crippen LogP contribution in [0.5, 0.6) is 0 Å². The first kappa shape index (κ1) is 12.1. The Morgan fingerprint density at radius 1 is 1.00 bits per heavy atom. The molecule has 0 unspecified atom stereocenters. The molecule has 0 heterocycles. The first-order valence-corrected chi connectivity index (χ1v) is 6.32. The van der Waals surface area contributed by atoms with Crippen molar-refractivity contribution in [3.63, 3.8) is 0 Å². The van der Waals surface area contributed by atoms with Crippen LogP contribution in [0.3, 0.4) is 0 Å². The highest BCUT2D eigenvalue weighted by molar-refractivity contribution is 14.1. The van der Waals surface area contributed by atoms with Crippen LogP contribution in [0.4, 0.5) is 5.69 Å².